The Morgan fingerprint density at radius 3 is 1.10 bits per heavy atom. The molecule has 0 heterocycles. The van der Waals surface area contributed by atoms with E-state index in [4.69, 9.17) is 0 Å². The Bertz CT molecular complexity index is 1040. The maximum Gasteiger partial charge on any atom is 0.220 e. The summed E-state index contributed by atoms with van der Waals surface area (Å²) >= 11 is 0. The predicted molar refractivity (Wildman–Crippen MR) is 267 cm³/mol. The van der Waals surface area contributed by atoms with Crippen LogP contribution in [0, 0.1) is 0 Å². The Morgan fingerprint density at radius 2 is 0.733 bits per heavy atom. The van der Waals surface area contributed by atoms with Gasteiger partial charge in [0.25, 0.3) is 0 Å². The van der Waals surface area contributed by atoms with Crippen molar-refractivity contribution >= 4 is 5.91 Å². The van der Waals surface area contributed by atoms with Crippen LogP contribution in [0.1, 0.15) is 258 Å². The number of carbonyl (C=O) groups is 1. The Morgan fingerprint density at radius 1 is 0.417 bits per heavy atom. The monoisotopic (exact) mass is 836 g/mol. The molecule has 2 atom stereocenters. The first-order valence-corrected chi connectivity index (χ1v) is 26.2. The minimum atomic E-state index is -0.846. The summed E-state index contributed by atoms with van der Waals surface area (Å²) in [6.45, 7) is 4.21. The van der Waals surface area contributed by atoms with Crippen LogP contribution in [0.4, 0.5) is 0 Å². The average molecular weight is 836 g/mol. The van der Waals surface area contributed by atoms with E-state index >= 15 is 0 Å². The second-order valence-corrected chi connectivity index (χ2v) is 17.6. The third-order valence-corrected chi connectivity index (χ3v) is 11.7. The third-order valence-electron chi connectivity index (χ3n) is 11.7. The van der Waals surface area contributed by atoms with E-state index in [2.05, 4.69) is 79.9 Å². The van der Waals surface area contributed by atoms with Gasteiger partial charge in [-0.05, 0) is 64.2 Å². The summed E-state index contributed by atoms with van der Waals surface area (Å²) in [5.74, 6) is -0.0710. The van der Waals surface area contributed by atoms with Gasteiger partial charge in [0, 0.05) is 6.42 Å². The highest BCUT2D eigenvalue weighted by Crippen LogP contribution is 2.16. The molecule has 0 aliphatic heterocycles. The van der Waals surface area contributed by atoms with E-state index in [9.17, 15) is 15.0 Å². The number of hydrogen-bond donors (Lipinski definition) is 3. The van der Waals surface area contributed by atoms with E-state index in [1.165, 1.54) is 180 Å². The van der Waals surface area contributed by atoms with Gasteiger partial charge in [-0.2, -0.15) is 0 Å². The van der Waals surface area contributed by atoms with Crippen LogP contribution in [0.5, 0.6) is 0 Å². The van der Waals surface area contributed by atoms with Crippen molar-refractivity contribution in [2.24, 2.45) is 0 Å². The van der Waals surface area contributed by atoms with Gasteiger partial charge in [0.2, 0.25) is 5.91 Å². The molecular formula is C56H101NO3. The van der Waals surface area contributed by atoms with Crippen molar-refractivity contribution in [1.29, 1.82) is 0 Å². The molecule has 4 heteroatoms. The van der Waals surface area contributed by atoms with Crippen LogP contribution >= 0.6 is 0 Å². The highest BCUT2D eigenvalue weighted by molar-refractivity contribution is 5.76. The summed E-state index contributed by atoms with van der Waals surface area (Å²) in [6, 6.07) is -0.630. The number of carbonyl (C=O) groups excluding carboxylic acids is 1. The van der Waals surface area contributed by atoms with Crippen molar-refractivity contribution in [3.05, 3.63) is 72.9 Å². The van der Waals surface area contributed by atoms with Crippen LogP contribution in [-0.2, 0) is 4.79 Å². The number of amides is 1. The quantitative estimate of drug-likeness (QED) is 0.0422. The molecule has 0 aromatic carbocycles. The molecule has 0 bridgehead atoms. The van der Waals surface area contributed by atoms with Crippen molar-refractivity contribution in [2.45, 2.75) is 270 Å². The van der Waals surface area contributed by atoms with Crippen LogP contribution in [0.2, 0.25) is 0 Å². The first kappa shape index (κ1) is 57.8. The molecule has 0 spiro atoms. The zero-order valence-electron chi connectivity index (χ0n) is 40.0. The molecule has 0 fully saturated rings. The number of aliphatic hydroxyl groups excluding tert-OH is 2. The van der Waals surface area contributed by atoms with Crippen molar-refractivity contribution < 1.29 is 15.0 Å². The first-order valence-electron chi connectivity index (χ1n) is 26.2. The van der Waals surface area contributed by atoms with Gasteiger partial charge in [-0.1, -0.05) is 260 Å². The zero-order valence-corrected chi connectivity index (χ0v) is 40.0. The predicted octanol–water partition coefficient (Wildman–Crippen LogP) is 17.0. The molecule has 1 amide bonds. The molecule has 0 aromatic heterocycles. The molecule has 3 N–H and O–H groups in total. The molecule has 0 aliphatic carbocycles. The van der Waals surface area contributed by atoms with Crippen LogP contribution in [-0.4, -0.2) is 34.9 Å². The van der Waals surface area contributed by atoms with E-state index < -0.39 is 12.1 Å². The zero-order chi connectivity index (χ0) is 43.5. The normalized spacial score (nSPS) is 13.5. The fourth-order valence-corrected chi connectivity index (χ4v) is 7.74. The Labute approximate surface area is 374 Å². The molecule has 0 saturated carbocycles. The van der Waals surface area contributed by atoms with E-state index in [0.717, 1.165) is 57.8 Å². The van der Waals surface area contributed by atoms with E-state index in [1.807, 2.05) is 6.08 Å². The standard InChI is InChI=1S/C56H101NO3/c1-3-5-7-9-11-13-15-17-19-21-23-25-27-28-30-32-34-36-38-40-42-44-46-48-50-52-56(60)57-54(53-58)55(59)51-49-47-45-43-41-39-37-35-33-31-29-26-24-22-20-18-16-14-12-10-8-6-4-2/h5,7,11,13,17,19,23,25,28,30,49,51,54-55,58-59H,3-4,6,8-10,12,14-16,18,20-22,24,26-27,29,31-48,50,52-53H2,1-2H3,(H,57,60)/b7-5-,13-11-,19-17-,25-23-,30-28-,51-49+. The fourth-order valence-electron chi connectivity index (χ4n) is 7.74. The largest absolute Gasteiger partial charge is 0.394 e. The molecule has 0 saturated heterocycles. The maximum atomic E-state index is 12.5. The van der Waals surface area contributed by atoms with E-state index in [1.54, 1.807) is 6.08 Å². The highest BCUT2D eigenvalue weighted by atomic mass is 16.3. The topological polar surface area (TPSA) is 69.6 Å². The number of allylic oxidation sites excluding steroid dienone is 11. The highest BCUT2D eigenvalue weighted by Gasteiger charge is 2.18. The summed E-state index contributed by atoms with van der Waals surface area (Å²) in [4.78, 5) is 12.5. The Balaban J connectivity index is 3.56. The lowest BCUT2D eigenvalue weighted by atomic mass is 10.0. The molecule has 4 nitrogen and oxygen atoms in total. The smallest absolute Gasteiger partial charge is 0.220 e. The van der Waals surface area contributed by atoms with Crippen molar-refractivity contribution in [2.75, 3.05) is 6.61 Å². The fraction of sp³-hybridized carbons (Fsp3) is 0.768. The van der Waals surface area contributed by atoms with Crippen LogP contribution in [0.25, 0.3) is 0 Å². The summed E-state index contributed by atoms with van der Waals surface area (Å²) < 4.78 is 0. The van der Waals surface area contributed by atoms with Crippen LogP contribution < -0.4 is 5.32 Å². The number of rotatable bonds is 47. The van der Waals surface area contributed by atoms with Crippen molar-refractivity contribution in [3.63, 3.8) is 0 Å². The average Bonchev–Trinajstić information content (AvgIpc) is 3.25. The molecular weight excluding hydrogens is 735 g/mol. The third kappa shape index (κ3) is 46.9. The lowest BCUT2D eigenvalue weighted by Gasteiger charge is -2.20. The lowest BCUT2D eigenvalue weighted by Crippen LogP contribution is -2.45. The second kappa shape index (κ2) is 51.2. The van der Waals surface area contributed by atoms with Gasteiger partial charge in [0.05, 0.1) is 18.8 Å². The minimum absolute atomic E-state index is 0.0710. The summed E-state index contributed by atoms with van der Waals surface area (Å²) in [6.07, 6.45) is 73.2. The van der Waals surface area contributed by atoms with Gasteiger partial charge >= 0.3 is 0 Å². The van der Waals surface area contributed by atoms with E-state index in [-0.39, 0.29) is 12.5 Å². The maximum absolute atomic E-state index is 12.5. The summed E-state index contributed by atoms with van der Waals surface area (Å²) in [7, 11) is 0. The SMILES string of the molecule is CC/C=C\C/C=C\C/C=C\C/C=C\C/C=C\CCCCCCCCCCCC(=O)NC(CO)C(O)/C=C/CCCCCCCCCCCCCCCCCCCCCCC. The molecule has 0 aromatic rings. The molecule has 0 aliphatic rings. The van der Waals surface area contributed by atoms with Crippen molar-refractivity contribution in [3.8, 4) is 0 Å². The number of hydrogen-bond acceptors (Lipinski definition) is 3. The van der Waals surface area contributed by atoms with E-state index in [0.29, 0.717) is 6.42 Å². The molecule has 0 radical (unpaired) electrons. The molecule has 2 unspecified atom stereocenters. The number of aliphatic hydroxyl groups is 2. The molecule has 60 heavy (non-hydrogen) atoms. The first-order chi connectivity index (χ1) is 29.7. The molecule has 348 valence electrons. The minimum Gasteiger partial charge on any atom is -0.394 e. The summed E-state index contributed by atoms with van der Waals surface area (Å²) in [5, 5.41) is 23.1. The van der Waals surface area contributed by atoms with Gasteiger partial charge in [0.1, 0.15) is 0 Å². The van der Waals surface area contributed by atoms with Crippen LogP contribution in [0.15, 0.2) is 72.9 Å². The molecule has 0 rings (SSSR count). The Hall–Kier alpha value is -2.17. The van der Waals surface area contributed by atoms with Gasteiger partial charge in [0.15, 0.2) is 0 Å². The van der Waals surface area contributed by atoms with Gasteiger partial charge in [-0.15, -0.1) is 0 Å². The van der Waals surface area contributed by atoms with Gasteiger partial charge < -0.3 is 15.5 Å². The lowest BCUT2D eigenvalue weighted by molar-refractivity contribution is -0.123. The summed E-state index contributed by atoms with van der Waals surface area (Å²) in [5.41, 5.74) is 0. The van der Waals surface area contributed by atoms with Crippen molar-refractivity contribution in [1.82, 2.24) is 5.32 Å². The Kier molecular flexibility index (Phi) is 49.3. The van der Waals surface area contributed by atoms with Crippen LogP contribution in [0.3, 0.4) is 0 Å². The van der Waals surface area contributed by atoms with Gasteiger partial charge in [-0.25, -0.2) is 0 Å². The van der Waals surface area contributed by atoms with Gasteiger partial charge in [-0.3, -0.25) is 4.79 Å². The second-order valence-electron chi connectivity index (χ2n) is 17.6. The number of nitrogens with one attached hydrogen (secondary N) is 1. The number of unbranched alkanes of at least 4 members (excludes halogenated alkanes) is 30.